The van der Waals surface area contributed by atoms with Gasteiger partial charge in [0.15, 0.2) is 10.7 Å². The Kier molecular flexibility index (Phi) is 3.55. The molecular weight excluding hydrogens is 344 g/mol. The molecule has 1 unspecified atom stereocenters. The van der Waals surface area contributed by atoms with Gasteiger partial charge in [0.1, 0.15) is 5.52 Å². The van der Waals surface area contributed by atoms with Gasteiger partial charge in [-0.2, -0.15) is 4.98 Å². The van der Waals surface area contributed by atoms with Gasteiger partial charge in [-0.1, -0.05) is 27.7 Å². The summed E-state index contributed by atoms with van der Waals surface area (Å²) in [6, 6.07) is 5.81. The highest BCUT2D eigenvalue weighted by atomic mass is 79.9. The number of rotatable bonds is 2. The summed E-state index contributed by atoms with van der Waals surface area (Å²) < 4.78 is 6.52. The fourth-order valence-corrected chi connectivity index (χ4v) is 3.43. The highest BCUT2D eigenvalue weighted by molar-refractivity contribution is 9.10. The van der Waals surface area contributed by atoms with Crippen molar-refractivity contribution in [2.24, 2.45) is 0 Å². The normalized spacial score (nSPS) is 19.0. The van der Waals surface area contributed by atoms with E-state index in [-0.39, 0.29) is 16.3 Å². The molecule has 1 aromatic carbocycles. The second-order valence-corrected chi connectivity index (χ2v) is 6.94. The summed E-state index contributed by atoms with van der Waals surface area (Å²) in [6.07, 6.45) is 0.340. The van der Waals surface area contributed by atoms with Gasteiger partial charge in [-0.05, 0) is 18.2 Å². The van der Waals surface area contributed by atoms with Crippen molar-refractivity contribution in [3.8, 4) is 0 Å². The Bertz CT molecular complexity index is 700. The second-order valence-electron chi connectivity index (χ2n) is 4.55. The Labute approximate surface area is 127 Å². The van der Waals surface area contributed by atoms with Crippen molar-refractivity contribution in [1.29, 1.82) is 0 Å². The molecule has 1 aliphatic rings. The first-order valence-corrected chi connectivity index (χ1v) is 7.74. The zero-order chi connectivity index (χ0) is 14.3. The van der Waals surface area contributed by atoms with Crippen molar-refractivity contribution in [3.05, 3.63) is 22.7 Å². The Hall–Kier alpha value is -1.34. The van der Waals surface area contributed by atoms with Crippen LogP contribution < -0.4 is 4.90 Å². The van der Waals surface area contributed by atoms with E-state index < -0.39 is 0 Å². The number of carbonyl (C=O) groups is 2. The van der Waals surface area contributed by atoms with Crippen molar-refractivity contribution < 1.29 is 14.0 Å². The Balaban J connectivity index is 1.87. The van der Waals surface area contributed by atoms with Crippen LogP contribution in [0.1, 0.15) is 13.3 Å². The molecule has 0 saturated carbocycles. The van der Waals surface area contributed by atoms with E-state index in [2.05, 4.69) is 20.9 Å². The van der Waals surface area contributed by atoms with Crippen LogP contribution in [0.15, 0.2) is 27.1 Å². The van der Waals surface area contributed by atoms with E-state index in [0.29, 0.717) is 30.1 Å². The molecular formula is C13H11BrN2O3S. The lowest BCUT2D eigenvalue weighted by Gasteiger charge is -2.10. The van der Waals surface area contributed by atoms with Crippen molar-refractivity contribution in [3.63, 3.8) is 0 Å². The van der Waals surface area contributed by atoms with Crippen LogP contribution in [0.5, 0.6) is 0 Å². The first kappa shape index (κ1) is 13.6. The molecule has 3 rings (SSSR count). The van der Waals surface area contributed by atoms with Gasteiger partial charge in [0.25, 0.3) is 0 Å². The molecule has 0 spiro atoms. The molecule has 1 aliphatic heterocycles. The lowest BCUT2D eigenvalue weighted by atomic mass is 10.3. The molecule has 0 aliphatic carbocycles. The Morgan fingerprint density at radius 3 is 3.10 bits per heavy atom. The fraction of sp³-hybridized carbons (Fsp3) is 0.308. The van der Waals surface area contributed by atoms with E-state index in [9.17, 15) is 9.59 Å². The van der Waals surface area contributed by atoms with Crippen LogP contribution in [0.3, 0.4) is 0 Å². The predicted octanol–water partition coefficient (Wildman–Crippen LogP) is 2.98. The summed E-state index contributed by atoms with van der Waals surface area (Å²) in [6.45, 7) is 1.96. The van der Waals surface area contributed by atoms with Gasteiger partial charge in [-0.15, -0.1) is 0 Å². The van der Waals surface area contributed by atoms with Crippen LogP contribution in [-0.4, -0.2) is 27.8 Å². The van der Waals surface area contributed by atoms with Gasteiger partial charge in [0.05, 0.1) is 0 Å². The maximum atomic E-state index is 12.0. The highest BCUT2D eigenvalue weighted by Gasteiger charge is 2.34. The summed E-state index contributed by atoms with van der Waals surface area (Å²) in [7, 11) is 0. The van der Waals surface area contributed by atoms with Crippen LogP contribution in [0.4, 0.5) is 6.01 Å². The van der Waals surface area contributed by atoms with Gasteiger partial charge in [0.2, 0.25) is 5.91 Å². The van der Waals surface area contributed by atoms with Crippen molar-refractivity contribution in [2.75, 3.05) is 11.4 Å². The van der Waals surface area contributed by atoms with Crippen LogP contribution >= 0.6 is 27.7 Å². The van der Waals surface area contributed by atoms with Gasteiger partial charge >= 0.3 is 6.01 Å². The average Bonchev–Trinajstić information content (AvgIpc) is 2.91. The van der Waals surface area contributed by atoms with E-state index in [1.54, 1.807) is 0 Å². The molecule has 2 heterocycles. The molecule has 7 heteroatoms. The van der Waals surface area contributed by atoms with Crippen molar-refractivity contribution in [2.45, 2.75) is 18.6 Å². The number of hydrogen-bond acceptors (Lipinski definition) is 5. The molecule has 5 nitrogen and oxygen atoms in total. The molecule has 1 aromatic heterocycles. The van der Waals surface area contributed by atoms with Crippen molar-refractivity contribution in [1.82, 2.24) is 4.98 Å². The smallest absolute Gasteiger partial charge is 0.305 e. The van der Waals surface area contributed by atoms with Gasteiger partial charge in [-0.3, -0.25) is 14.5 Å². The molecule has 0 bridgehead atoms. The number of thioether (sulfide) groups is 1. The summed E-state index contributed by atoms with van der Waals surface area (Å²) in [5, 5.41) is -0.00658. The number of amides is 1. The highest BCUT2D eigenvalue weighted by Crippen LogP contribution is 2.31. The number of aromatic nitrogens is 1. The van der Waals surface area contributed by atoms with E-state index in [4.69, 9.17) is 4.42 Å². The fourth-order valence-electron chi connectivity index (χ4n) is 2.18. The minimum Gasteiger partial charge on any atom is -0.423 e. The number of fused-ring (bicyclic) bond motifs is 1. The second kappa shape index (κ2) is 5.21. The number of carbonyl (C=O) groups excluding carboxylic acids is 2. The summed E-state index contributed by atoms with van der Waals surface area (Å²) in [5.74, 6) is -0.0608. The molecule has 0 N–H and O–H groups in total. The van der Waals surface area contributed by atoms with Gasteiger partial charge in [0, 0.05) is 29.6 Å². The zero-order valence-electron chi connectivity index (χ0n) is 10.6. The Morgan fingerprint density at radius 2 is 2.35 bits per heavy atom. The number of benzene rings is 1. The summed E-state index contributed by atoms with van der Waals surface area (Å²) in [5.41, 5.74) is 1.34. The van der Waals surface area contributed by atoms with E-state index in [1.807, 2.05) is 18.2 Å². The van der Waals surface area contributed by atoms with Gasteiger partial charge < -0.3 is 4.42 Å². The number of hydrogen-bond donors (Lipinski definition) is 0. The third-order valence-electron chi connectivity index (χ3n) is 2.99. The minimum atomic E-state index is -0.0608. The summed E-state index contributed by atoms with van der Waals surface area (Å²) >= 11 is 4.56. The summed E-state index contributed by atoms with van der Waals surface area (Å²) in [4.78, 5) is 29.0. The molecule has 1 atom stereocenters. The van der Waals surface area contributed by atoms with E-state index >= 15 is 0 Å². The molecule has 1 amide bonds. The van der Waals surface area contributed by atoms with Crippen LogP contribution in [0.25, 0.3) is 11.1 Å². The maximum absolute atomic E-state index is 12.0. The number of anilines is 1. The number of oxazole rings is 1. The molecule has 1 fully saturated rings. The molecule has 1 saturated heterocycles. The maximum Gasteiger partial charge on any atom is 0.305 e. The lowest BCUT2D eigenvalue weighted by Crippen LogP contribution is -2.25. The van der Waals surface area contributed by atoms with Crippen molar-refractivity contribution >= 4 is 55.8 Å². The Morgan fingerprint density at radius 1 is 1.55 bits per heavy atom. The van der Waals surface area contributed by atoms with Crippen LogP contribution in [0.2, 0.25) is 0 Å². The van der Waals surface area contributed by atoms with Crippen LogP contribution in [-0.2, 0) is 9.59 Å². The largest absolute Gasteiger partial charge is 0.423 e. The standard InChI is InChI=1S/C13H11BrN2O3S/c1-7(17)20-9-5-12(18)16(6-9)13-15-10-3-2-8(14)4-11(10)19-13/h2-4,9H,5-6H2,1H3. The third-order valence-corrected chi connectivity index (χ3v) is 4.47. The average molecular weight is 355 g/mol. The molecule has 104 valence electrons. The number of halogens is 1. The minimum absolute atomic E-state index is 0.0196. The monoisotopic (exact) mass is 354 g/mol. The first-order chi connectivity index (χ1) is 9.52. The molecule has 0 radical (unpaired) electrons. The lowest BCUT2D eigenvalue weighted by molar-refractivity contribution is -0.117. The zero-order valence-corrected chi connectivity index (χ0v) is 13.0. The van der Waals surface area contributed by atoms with E-state index in [1.165, 1.54) is 23.6 Å². The number of nitrogens with zero attached hydrogens (tertiary/aromatic N) is 2. The quantitative estimate of drug-likeness (QED) is 0.829. The van der Waals surface area contributed by atoms with Crippen LogP contribution in [0, 0.1) is 0 Å². The molecule has 2 aromatic rings. The SMILES string of the molecule is CC(=O)SC1CC(=O)N(c2nc3ccc(Br)cc3o2)C1. The third kappa shape index (κ3) is 2.60. The molecule has 20 heavy (non-hydrogen) atoms. The predicted molar refractivity (Wildman–Crippen MR) is 80.7 cm³/mol. The van der Waals surface area contributed by atoms with Gasteiger partial charge in [-0.25, -0.2) is 0 Å². The van der Waals surface area contributed by atoms with E-state index in [0.717, 1.165) is 4.47 Å². The first-order valence-electron chi connectivity index (χ1n) is 6.06. The topological polar surface area (TPSA) is 63.4 Å².